The lowest BCUT2D eigenvalue weighted by Gasteiger charge is -2.19. The smallest absolute Gasteiger partial charge is 0.241 e. The predicted molar refractivity (Wildman–Crippen MR) is 113 cm³/mol. The van der Waals surface area contributed by atoms with E-state index in [0.717, 1.165) is 12.0 Å². The summed E-state index contributed by atoms with van der Waals surface area (Å²) in [6.07, 6.45) is 0.852. The molecule has 1 unspecified atom stereocenters. The summed E-state index contributed by atoms with van der Waals surface area (Å²) in [5.74, 6) is -0.479. The van der Waals surface area contributed by atoms with Crippen molar-refractivity contribution in [1.29, 1.82) is 0 Å². The highest BCUT2D eigenvalue weighted by atomic mass is 32.2. The second-order valence-electron chi connectivity index (χ2n) is 6.81. The van der Waals surface area contributed by atoms with Crippen LogP contribution in [-0.4, -0.2) is 32.8 Å². The highest BCUT2D eigenvalue weighted by Crippen LogP contribution is 2.18. The Balaban J connectivity index is 1.96. The zero-order valence-electron chi connectivity index (χ0n) is 16.8. The summed E-state index contributed by atoms with van der Waals surface area (Å²) in [4.78, 5) is 23.5. The van der Waals surface area contributed by atoms with Gasteiger partial charge < -0.3 is 10.6 Å². The first kappa shape index (κ1) is 22.6. The Morgan fingerprint density at radius 3 is 2.17 bits per heavy atom. The van der Waals surface area contributed by atoms with Crippen LogP contribution in [0.15, 0.2) is 59.5 Å². The summed E-state index contributed by atoms with van der Waals surface area (Å²) in [5, 5.41) is 5.39. The third kappa shape index (κ3) is 6.69. The van der Waals surface area contributed by atoms with E-state index in [1.54, 1.807) is 0 Å². The average Bonchev–Trinajstić information content (AvgIpc) is 2.68. The zero-order valence-corrected chi connectivity index (χ0v) is 17.6. The van der Waals surface area contributed by atoms with Gasteiger partial charge in [-0.15, -0.1) is 0 Å². The van der Waals surface area contributed by atoms with Crippen LogP contribution >= 0.6 is 0 Å². The average molecular weight is 418 g/mol. The summed E-state index contributed by atoms with van der Waals surface area (Å²) in [5.41, 5.74) is 1.62. The molecule has 0 saturated heterocycles. The van der Waals surface area contributed by atoms with E-state index in [9.17, 15) is 18.0 Å². The fourth-order valence-electron chi connectivity index (χ4n) is 2.87. The lowest BCUT2D eigenvalue weighted by Crippen LogP contribution is -2.45. The molecule has 156 valence electrons. The lowest BCUT2D eigenvalue weighted by atomic mass is 9.96. The number of anilines is 1. The van der Waals surface area contributed by atoms with Crippen molar-refractivity contribution in [1.82, 2.24) is 10.0 Å². The normalized spacial score (nSPS) is 13.3. The summed E-state index contributed by atoms with van der Waals surface area (Å²) >= 11 is 0. The molecule has 0 saturated carbocycles. The van der Waals surface area contributed by atoms with Crippen LogP contribution in [0.4, 0.5) is 5.69 Å². The molecule has 3 N–H and O–H groups in total. The minimum Gasteiger partial charge on any atom is -0.354 e. The number of nitrogens with one attached hydrogen (secondary N) is 3. The van der Waals surface area contributed by atoms with Crippen LogP contribution in [0.3, 0.4) is 0 Å². The molecule has 2 rings (SSSR count). The van der Waals surface area contributed by atoms with E-state index >= 15 is 0 Å². The zero-order chi connectivity index (χ0) is 21.4. The number of rotatable bonds is 9. The number of carbonyl (C=O) groups is 2. The molecule has 0 aliphatic carbocycles. The summed E-state index contributed by atoms with van der Waals surface area (Å²) in [7, 11) is -3.87. The van der Waals surface area contributed by atoms with Crippen molar-refractivity contribution >= 4 is 27.5 Å². The fourth-order valence-corrected chi connectivity index (χ4v) is 4.08. The van der Waals surface area contributed by atoms with Crippen LogP contribution in [0.1, 0.15) is 38.7 Å². The van der Waals surface area contributed by atoms with Gasteiger partial charge in [-0.1, -0.05) is 37.3 Å². The molecule has 29 heavy (non-hydrogen) atoms. The molecule has 7 nitrogen and oxygen atoms in total. The third-order valence-electron chi connectivity index (χ3n) is 4.50. The Labute approximate surface area is 172 Å². The van der Waals surface area contributed by atoms with Crippen LogP contribution in [0.2, 0.25) is 0 Å². The van der Waals surface area contributed by atoms with Crippen molar-refractivity contribution in [3.05, 3.63) is 60.2 Å². The van der Waals surface area contributed by atoms with E-state index in [0.29, 0.717) is 12.2 Å². The van der Waals surface area contributed by atoms with Crippen molar-refractivity contribution in [3.8, 4) is 0 Å². The first-order valence-electron chi connectivity index (χ1n) is 9.45. The van der Waals surface area contributed by atoms with E-state index in [2.05, 4.69) is 15.4 Å². The van der Waals surface area contributed by atoms with Crippen LogP contribution < -0.4 is 15.4 Å². The first-order valence-corrected chi connectivity index (χ1v) is 10.9. The predicted octanol–water partition coefficient (Wildman–Crippen LogP) is 2.62. The number of hydrogen-bond acceptors (Lipinski definition) is 4. The molecule has 0 aliphatic heterocycles. The Bertz CT molecular complexity index is 928. The minimum absolute atomic E-state index is 0.0157. The van der Waals surface area contributed by atoms with Crippen molar-refractivity contribution in [2.45, 2.75) is 44.0 Å². The van der Waals surface area contributed by atoms with Crippen LogP contribution in [0.5, 0.6) is 0 Å². The van der Waals surface area contributed by atoms with Gasteiger partial charge in [0, 0.05) is 25.1 Å². The van der Waals surface area contributed by atoms with Gasteiger partial charge in [0.05, 0.1) is 10.9 Å². The molecule has 0 heterocycles. The van der Waals surface area contributed by atoms with Gasteiger partial charge in [0.1, 0.15) is 0 Å². The maximum absolute atomic E-state index is 12.5. The monoisotopic (exact) mass is 417 g/mol. The standard InChI is InChI=1S/C21H27N3O4S/c1-4-17(18-8-6-5-7-9-18)14-22-21(26)15(2)24-29(27,28)20-12-10-19(11-13-20)23-16(3)25/h5-13,15,17,24H,4,14H2,1-3H3,(H,22,26)(H,23,25)/t15-,17?/m0/s1. The number of amides is 2. The highest BCUT2D eigenvalue weighted by Gasteiger charge is 2.22. The van der Waals surface area contributed by atoms with Gasteiger partial charge in [-0.05, 0) is 43.2 Å². The molecule has 2 aromatic carbocycles. The Morgan fingerprint density at radius 2 is 1.62 bits per heavy atom. The van der Waals surface area contributed by atoms with Crippen LogP contribution in [0, 0.1) is 0 Å². The van der Waals surface area contributed by atoms with Gasteiger partial charge in [-0.2, -0.15) is 4.72 Å². The van der Waals surface area contributed by atoms with E-state index in [-0.39, 0.29) is 16.7 Å². The molecule has 0 radical (unpaired) electrons. The van der Waals surface area contributed by atoms with Crippen molar-refractivity contribution in [2.24, 2.45) is 0 Å². The molecule has 0 spiro atoms. The van der Waals surface area contributed by atoms with E-state index in [1.165, 1.54) is 38.1 Å². The van der Waals surface area contributed by atoms with Crippen LogP contribution in [-0.2, 0) is 19.6 Å². The second kappa shape index (κ2) is 10.2. The molecule has 0 fully saturated rings. The van der Waals surface area contributed by atoms with E-state index in [1.807, 2.05) is 37.3 Å². The lowest BCUT2D eigenvalue weighted by molar-refractivity contribution is -0.122. The molecule has 2 aromatic rings. The van der Waals surface area contributed by atoms with Crippen molar-refractivity contribution < 1.29 is 18.0 Å². The maximum atomic E-state index is 12.5. The van der Waals surface area contributed by atoms with Gasteiger partial charge in [-0.3, -0.25) is 9.59 Å². The quantitative estimate of drug-likeness (QED) is 0.583. The summed E-state index contributed by atoms with van der Waals surface area (Å²) < 4.78 is 27.4. The summed E-state index contributed by atoms with van der Waals surface area (Å²) in [6.45, 7) is 5.34. The Kier molecular flexibility index (Phi) is 7.92. The van der Waals surface area contributed by atoms with Gasteiger partial charge >= 0.3 is 0 Å². The number of sulfonamides is 1. The molecule has 0 aromatic heterocycles. The molecular weight excluding hydrogens is 390 g/mol. The Morgan fingerprint density at radius 1 is 1.00 bits per heavy atom. The highest BCUT2D eigenvalue weighted by molar-refractivity contribution is 7.89. The van der Waals surface area contributed by atoms with E-state index < -0.39 is 22.0 Å². The molecule has 2 atom stereocenters. The fraction of sp³-hybridized carbons (Fsp3) is 0.333. The molecule has 2 amide bonds. The van der Waals surface area contributed by atoms with Gasteiger partial charge in [0.15, 0.2) is 0 Å². The third-order valence-corrected chi connectivity index (χ3v) is 6.05. The van der Waals surface area contributed by atoms with Crippen molar-refractivity contribution in [2.75, 3.05) is 11.9 Å². The van der Waals surface area contributed by atoms with Crippen molar-refractivity contribution in [3.63, 3.8) is 0 Å². The number of benzene rings is 2. The summed E-state index contributed by atoms with van der Waals surface area (Å²) in [6, 6.07) is 14.7. The van der Waals surface area contributed by atoms with Gasteiger partial charge in [0.25, 0.3) is 0 Å². The van der Waals surface area contributed by atoms with Gasteiger partial charge in [-0.25, -0.2) is 8.42 Å². The van der Waals surface area contributed by atoms with Gasteiger partial charge in [0.2, 0.25) is 21.8 Å². The first-order chi connectivity index (χ1) is 13.7. The molecular formula is C21H27N3O4S. The number of carbonyl (C=O) groups excluding carboxylic acids is 2. The molecule has 0 aliphatic rings. The molecule has 0 bridgehead atoms. The minimum atomic E-state index is -3.87. The van der Waals surface area contributed by atoms with E-state index in [4.69, 9.17) is 0 Å². The largest absolute Gasteiger partial charge is 0.354 e. The molecule has 8 heteroatoms. The maximum Gasteiger partial charge on any atom is 0.241 e. The number of hydrogen-bond donors (Lipinski definition) is 3. The SMILES string of the molecule is CCC(CNC(=O)[C@H](C)NS(=O)(=O)c1ccc(NC(C)=O)cc1)c1ccccc1. The second-order valence-corrected chi connectivity index (χ2v) is 8.52. The Hall–Kier alpha value is -2.71. The topological polar surface area (TPSA) is 104 Å². The van der Waals surface area contributed by atoms with Crippen LogP contribution in [0.25, 0.3) is 0 Å².